The molecule has 2 fully saturated rings. The topological polar surface area (TPSA) is 93.4 Å². The lowest BCUT2D eigenvalue weighted by Gasteiger charge is -2.40. The molecule has 4 unspecified atom stereocenters. The van der Waals surface area contributed by atoms with E-state index in [4.69, 9.17) is 9.84 Å². The number of ether oxygens (including phenoxy) is 1. The molecular formula is C15H29NO5. The fraction of sp³-hybridized carbons (Fsp3) is 1.00. The van der Waals surface area contributed by atoms with Crippen LogP contribution in [0.15, 0.2) is 0 Å². The number of aliphatic hydroxyl groups excluding tert-OH is 4. The third-order valence-electron chi connectivity index (χ3n) is 4.83. The molecule has 0 saturated carbocycles. The van der Waals surface area contributed by atoms with E-state index in [1.807, 2.05) is 0 Å². The normalized spacial score (nSPS) is 39.6. The Morgan fingerprint density at radius 1 is 1.00 bits per heavy atom. The minimum Gasteiger partial charge on any atom is -0.394 e. The molecule has 2 aliphatic rings. The SMILES string of the molecule is CC1CCN(CCC[C@@H]2OC(CO)C(O)C(O)C2O)CC1. The van der Waals surface area contributed by atoms with Gasteiger partial charge in [-0.3, -0.25) is 0 Å². The second-order valence-corrected chi connectivity index (χ2v) is 6.53. The average Bonchev–Trinajstić information content (AvgIpc) is 2.49. The summed E-state index contributed by atoms with van der Waals surface area (Å²) in [5.41, 5.74) is 0. The second-order valence-electron chi connectivity index (χ2n) is 6.53. The van der Waals surface area contributed by atoms with Gasteiger partial charge in [-0.15, -0.1) is 0 Å². The number of hydrogen-bond donors (Lipinski definition) is 4. The number of piperidine rings is 1. The summed E-state index contributed by atoms with van der Waals surface area (Å²) in [5.74, 6) is 0.812. The zero-order chi connectivity index (χ0) is 15.4. The summed E-state index contributed by atoms with van der Waals surface area (Å²) in [7, 11) is 0. The maximum absolute atomic E-state index is 9.96. The van der Waals surface area contributed by atoms with Crippen LogP contribution in [0.2, 0.25) is 0 Å². The van der Waals surface area contributed by atoms with Crippen LogP contribution in [0.25, 0.3) is 0 Å². The van der Waals surface area contributed by atoms with E-state index in [2.05, 4.69) is 11.8 Å². The van der Waals surface area contributed by atoms with Gasteiger partial charge in [0.05, 0.1) is 12.7 Å². The lowest BCUT2D eigenvalue weighted by Crippen LogP contribution is -2.58. The molecule has 0 radical (unpaired) electrons. The van der Waals surface area contributed by atoms with Crippen LogP contribution in [-0.2, 0) is 4.74 Å². The second kappa shape index (κ2) is 7.85. The van der Waals surface area contributed by atoms with Gasteiger partial charge in [0.2, 0.25) is 0 Å². The zero-order valence-corrected chi connectivity index (χ0v) is 12.8. The standard InChI is InChI=1S/C15H29NO5/c1-10-4-7-16(8-5-10)6-2-3-11-13(18)15(20)14(19)12(9-17)21-11/h10-15,17-20H,2-9H2,1H3/t11-,12?,13?,14?,15?/m0/s1. The molecule has 0 spiro atoms. The lowest BCUT2D eigenvalue weighted by atomic mass is 9.92. The molecule has 0 aliphatic carbocycles. The summed E-state index contributed by atoms with van der Waals surface area (Å²) >= 11 is 0. The maximum Gasteiger partial charge on any atom is 0.111 e. The zero-order valence-electron chi connectivity index (χ0n) is 12.8. The van der Waals surface area contributed by atoms with E-state index in [1.54, 1.807) is 0 Å². The molecule has 124 valence electrons. The Hall–Kier alpha value is -0.240. The summed E-state index contributed by atoms with van der Waals surface area (Å²) in [6.07, 6.45) is -0.954. The third kappa shape index (κ3) is 4.37. The van der Waals surface area contributed by atoms with Gasteiger partial charge < -0.3 is 30.1 Å². The van der Waals surface area contributed by atoms with Crippen LogP contribution < -0.4 is 0 Å². The van der Waals surface area contributed by atoms with Crippen LogP contribution in [0.1, 0.15) is 32.6 Å². The van der Waals surface area contributed by atoms with Crippen molar-refractivity contribution in [3.63, 3.8) is 0 Å². The predicted molar refractivity (Wildman–Crippen MR) is 77.8 cm³/mol. The first-order valence-corrected chi connectivity index (χ1v) is 8.05. The van der Waals surface area contributed by atoms with Gasteiger partial charge in [0.25, 0.3) is 0 Å². The monoisotopic (exact) mass is 303 g/mol. The fourth-order valence-corrected chi connectivity index (χ4v) is 3.22. The summed E-state index contributed by atoms with van der Waals surface area (Å²) < 4.78 is 5.51. The highest BCUT2D eigenvalue weighted by Crippen LogP contribution is 2.24. The van der Waals surface area contributed by atoms with Gasteiger partial charge in [-0.2, -0.15) is 0 Å². The quantitative estimate of drug-likeness (QED) is 0.539. The van der Waals surface area contributed by atoms with Gasteiger partial charge in [0, 0.05) is 0 Å². The molecular weight excluding hydrogens is 274 g/mol. The Morgan fingerprint density at radius 3 is 2.24 bits per heavy atom. The predicted octanol–water partition coefficient (Wildman–Crippen LogP) is -0.659. The molecule has 5 atom stereocenters. The summed E-state index contributed by atoms with van der Waals surface area (Å²) in [5, 5.41) is 38.6. The lowest BCUT2D eigenvalue weighted by molar-refractivity contribution is -0.230. The molecule has 4 N–H and O–H groups in total. The van der Waals surface area contributed by atoms with Crippen molar-refractivity contribution in [3.05, 3.63) is 0 Å². The van der Waals surface area contributed by atoms with E-state index < -0.39 is 30.5 Å². The number of rotatable bonds is 5. The van der Waals surface area contributed by atoms with Crippen LogP contribution in [-0.4, -0.2) is 82.1 Å². The van der Waals surface area contributed by atoms with Crippen LogP contribution in [0.3, 0.4) is 0 Å². The van der Waals surface area contributed by atoms with Gasteiger partial charge in [0.1, 0.15) is 24.4 Å². The van der Waals surface area contributed by atoms with E-state index >= 15 is 0 Å². The van der Waals surface area contributed by atoms with Crippen LogP contribution in [0, 0.1) is 5.92 Å². The van der Waals surface area contributed by atoms with Crippen molar-refractivity contribution in [2.24, 2.45) is 5.92 Å². The minimum absolute atomic E-state index is 0.356. The Morgan fingerprint density at radius 2 is 1.62 bits per heavy atom. The van der Waals surface area contributed by atoms with E-state index in [1.165, 1.54) is 12.8 Å². The van der Waals surface area contributed by atoms with Gasteiger partial charge in [-0.1, -0.05) is 6.92 Å². The van der Waals surface area contributed by atoms with Crippen molar-refractivity contribution in [2.45, 2.75) is 63.1 Å². The van der Waals surface area contributed by atoms with Crippen LogP contribution in [0.4, 0.5) is 0 Å². The molecule has 2 saturated heterocycles. The summed E-state index contributed by atoms with van der Waals surface area (Å²) in [6.45, 7) is 5.13. The van der Waals surface area contributed by atoms with E-state index in [0.29, 0.717) is 6.42 Å². The number of aliphatic hydroxyl groups is 4. The fourth-order valence-electron chi connectivity index (χ4n) is 3.22. The molecule has 0 aromatic carbocycles. The van der Waals surface area contributed by atoms with Crippen molar-refractivity contribution in [3.8, 4) is 0 Å². The van der Waals surface area contributed by atoms with Crippen molar-refractivity contribution < 1.29 is 25.2 Å². The molecule has 0 bridgehead atoms. The van der Waals surface area contributed by atoms with Crippen LogP contribution in [0.5, 0.6) is 0 Å². The van der Waals surface area contributed by atoms with Gasteiger partial charge in [0.15, 0.2) is 0 Å². The van der Waals surface area contributed by atoms with Crippen molar-refractivity contribution in [2.75, 3.05) is 26.2 Å². The smallest absolute Gasteiger partial charge is 0.111 e. The third-order valence-corrected chi connectivity index (χ3v) is 4.83. The van der Waals surface area contributed by atoms with Crippen molar-refractivity contribution in [1.29, 1.82) is 0 Å². The van der Waals surface area contributed by atoms with Crippen molar-refractivity contribution in [1.82, 2.24) is 4.90 Å². The highest BCUT2D eigenvalue weighted by Gasteiger charge is 2.42. The molecule has 6 nitrogen and oxygen atoms in total. The van der Waals surface area contributed by atoms with E-state index in [-0.39, 0.29) is 6.61 Å². The average molecular weight is 303 g/mol. The molecule has 2 heterocycles. The van der Waals surface area contributed by atoms with Crippen LogP contribution >= 0.6 is 0 Å². The van der Waals surface area contributed by atoms with E-state index in [0.717, 1.165) is 32.0 Å². The summed E-state index contributed by atoms with van der Waals surface area (Å²) in [6, 6.07) is 0. The Balaban J connectivity index is 1.74. The first-order chi connectivity index (χ1) is 10.0. The van der Waals surface area contributed by atoms with Gasteiger partial charge in [-0.25, -0.2) is 0 Å². The first-order valence-electron chi connectivity index (χ1n) is 8.05. The highest BCUT2D eigenvalue weighted by molar-refractivity contribution is 4.91. The molecule has 6 heteroatoms. The molecule has 2 rings (SSSR count). The molecule has 0 amide bonds. The Kier molecular flexibility index (Phi) is 6.40. The molecule has 0 aromatic heterocycles. The van der Waals surface area contributed by atoms with E-state index in [9.17, 15) is 15.3 Å². The number of nitrogens with zero attached hydrogens (tertiary/aromatic N) is 1. The first kappa shape index (κ1) is 17.1. The maximum atomic E-state index is 9.96. The van der Waals surface area contributed by atoms with Crippen molar-refractivity contribution >= 4 is 0 Å². The largest absolute Gasteiger partial charge is 0.394 e. The minimum atomic E-state index is -1.25. The number of hydrogen-bond acceptors (Lipinski definition) is 6. The molecule has 21 heavy (non-hydrogen) atoms. The van der Waals surface area contributed by atoms with Gasteiger partial charge >= 0.3 is 0 Å². The Bertz CT molecular complexity index is 306. The highest BCUT2D eigenvalue weighted by atomic mass is 16.5. The number of likely N-dealkylation sites (tertiary alicyclic amines) is 1. The summed E-state index contributed by atoms with van der Waals surface area (Å²) in [4.78, 5) is 2.42. The molecule has 0 aromatic rings. The Labute approximate surface area is 126 Å². The molecule has 2 aliphatic heterocycles. The van der Waals surface area contributed by atoms with Gasteiger partial charge in [-0.05, 0) is 51.2 Å².